The molecule has 0 bridgehead atoms. The van der Waals surface area contributed by atoms with Crippen molar-refractivity contribution in [2.24, 2.45) is 0 Å². The molecule has 0 unspecified atom stereocenters. The van der Waals surface area contributed by atoms with E-state index in [2.05, 4.69) is 131 Å². The molecule has 352 valence electrons. The van der Waals surface area contributed by atoms with Crippen LogP contribution in [0.2, 0.25) is 0 Å². The first-order chi connectivity index (χ1) is 30.0. The molecule has 0 radical (unpaired) electrons. The minimum Gasteiger partial charge on any atom is -0.504 e. The molecular formula is C59H92O4. The van der Waals surface area contributed by atoms with Crippen molar-refractivity contribution in [1.29, 1.82) is 0 Å². The average molecular weight is 865 g/mol. The first-order valence-electron chi connectivity index (χ1n) is 24.5. The number of rotatable bonds is 29. The van der Waals surface area contributed by atoms with Gasteiger partial charge in [0.2, 0.25) is 11.5 Å². The molecule has 1 aliphatic rings. The van der Waals surface area contributed by atoms with Gasteiger partial charge in [0.15, 0.2) is 11.5 Å². The second kappa shape index (κ2) is 30.3. The highest BCUT2D eigenvalue weighted by molar-refractivity contribution is 5.67. The Labute approximate surface area is 388 Å². The summed E-state index contributed by atoms with van der Waals surface area (Å²) >= 11 is 0. The summed E-state index contributed by atoms with van der Waals surface area (Å²) < 4.78 is 17.7. The third-order valence-electron chi connectivity index (χ3n) is 12.8. The molecule has 4 heteroatoms. The van der Waals surface area contributed by atoms with Crippen LogP contribution in [0.1, 0.15) is 209 Å². The summed E-state index contributed by atoms with van der Waals surface area (Å²) in [7, 11) is 3.15. The summed E-state index contributed by atoms with van der Waals surface area (Å²) in [4.78, 5) is 0. The summed E-state index contributed by atoms with van der Waals surface area (Å²) in [5, 5.41) is 10.6. The lowest BCUT2D eigenvalue weighted by atomic mass is 9.86. The van der Waals surface area contributed by atoms with Crippen molar-refractivity contribution in [2.75, 3.05) is 14.2 Å². The van der Waals surface area contributed by atoms with E-state index in [0.717, 1.165) is 120 Å². The number of aromatic hydroxyl groups is 1. The maximum Gasteiger partial charge on any atom is 0.207 e. The molecule has 0 amide bonds. The highest BCUT2D eigenvalue weighted by Gasteiger charge is 2.36. The van der Waals surface area contributed by atoms with Crippen molar-refractivity contribution in [3.8, 4) is 23.0 Å². The van der Waals surface area contributed by atoms with Gasteiger partial charge in [0.05, 0.1) is 14.2 Å². The van der Waals surface area contributed by atoms with E-state index in [1.54, 1.807) is 14.2 Å². The smallest absolute Gasteiger partial charge is 0.207 e. The molecule has 0 fully saturated rings. The van der Waals surface area contributed by atoms with Crippen LogP contribution >= 0.6 is 0 Å². The van der Waals surface area contributed by atoms with E-state index in [9.17, 15) is 5.11 Å². The number of hydrogen-bond acceptors (Lipinski definition) is 4. The second-order valence-electron chi connectivity index (χ2n) is 19.4. The monoisotopic (exact) mass is 865 g/mol. The number of phenolic OH excluding ortho intramolecular Hbond substituents is 1. The number of methoxy groups -OCH3 is 2. The third-order valence-corrected chi connectivity index (χ3v) is 12.8. The van der Waals surface area contributed by atoms with Gasteiger partial charge >= 0.3 is 0 Å². The lowest BCUT2D eigenvalue weighted by molar-refractivity contribution is 0.0527. The Morgan fingerprint density at radius 3 is 1.10 bits per heavy atom. The fourth-order valence-electron chi connectivity index (χ4n) is 8.33. The van der Waals surface area contributed by atoms with Gasteiger partial charge in [0.1, 0.15) is 5.60 Å². The van der Waals surface area contributed by atoms with Gasteiger partial charge in [-0.3, -0.25) is 0 Å². The molecule has 63 heavy (non-hydrogen) atoms. The number of phenols is 1. The van der Waals surface area contributed by atoms with Gasteiger partial charge in [-0.15, -0.1) is 0 Å². The van der Waals surface area contributed by atoms with Crippen LogP contribution in [0.3, 0.4) is 0 Å². The molecular weight excluding hydrogens is 773 g/mol. The molecule has 1 heterocycles. The Morgan fingerprint density at radius 1 is 0.492 bits per heavy atom. The van der Waals surface area contributed by atoms with Crippen LogP contribution in [0.25, 0.3) is 0 Å². The van der Waals surface area contributed by atoms with Crippen LogP contribution in [0.15, 0.2) is 105 Å². The lowest BCUT2D eigenvalue weighted by Gasteiger charge is -2.37. The first-order valence-corrected chi connectivity index (χ1v) is 24.5. The molecule has 4 nitrogen and oxygen atoms in total. The zero-order chi connectivity index (χ0) is 46.8. The minimum atomic E-state index is -0.294. The largest absolute Gasteiger partial charge is 0.504 e. The summed E-state index contributed by atoms with van der Waals surface area (Å²) in [6.07, 6.45) is 43.8. The van der Waals surface area contributed by atoms with Crippen molar-refractivity contribution in [2.45, 2.75) is 217 Å². The minimum absolute atomic E-state index is 0.138. The summed E-state index contributed by atoms with van der Waals surface area (Å²) in [5.74, 6) is 1.68. The van der Waals surface area contributed by atoms with E-state index in [4.69, 9.17) is 14.2 Å². The number of allylic oxidation sites excluding steroid dienone is 18. The Kier molecular flexibility index (Phi) is 26.5. The molecule has 1 N–H and O–H groups in total. The quantitative estimate of drug-likeness (QED) is 0.0815. The maximum atomic E-state index is 10.6. The summed E-state index contributed by atoms with van der Waals surface area (Å²) in [6, 6.07) is 0. The van der Waals surface area contributed by atoms with Crippen LogP contribution in [-0.4, -0.2) is 24.9 Å². The molecule has 0 aliphatic carbocycles. The average Bonchev–Trinajstić information content (AvgIpc) is 3.21. The van der Waals surface area contributed by atoms with Crippen LogP contribution in [0.4, 0.5) is 0 Å². The number of hydrogen-bond donors (Lipinski definition) is 1. The van der Waals surface area contributed by atoms with Gasteiger partial charge in [-0.05, 0) is 212 Å². The van der Waals surface area contributed by atoms with Crippen molar-refractivity contribution in [1.82, 2.24) is 0 Å². The molecule has 0 spiro atoms. The van der Waals surface area contributed by atoms with Gasteiger partial charge in [0, 0.05) is 11.1 Å². The molecule has 0 saturated carbocycles. The first kappa shape index (κ1) is 55.2. The van der Waals surface area contributed by atoms with Crippen LogP contribution in [0, 0.1) is 6.92 Å². The predicted molar refractivity (Wildman–Crippen MR) is 276 cm³/mol. The fourth-order valence-corrected chi connectivity index (χ4v) is 8.33. The molecule has 1 aromatic carbocycles. The Bertz CT molecular complexity index is 1850. The van der Waals surface area contributed by atoms with Crippen molar-refractivity contribution in [3.05, 3.63) is 116 Å². The number of fused-ring (bicyclic) bond motifs is 1. The van der Waals surface area contributed by atoms with Crippen LogP contribution in [-0.2, 0) is 6.42 Å². The number of benzene rings is 1. The molecule has 0 saturated heterocycles. The van der Waals surface area contributed by atoms with E-state index in [1.165, 1.54) is 69.4 Å². The number of ether oxygens (including phenoxy) is 3. The molecule has 1 aromatic rings. The summed E-state index contributed by atoms with van der Waals surface area (Å²) in [5.41, 5.74) is 15.0. The van der Waals surface area contributed by atoms with Crippen LogP contribution in [0.5, 0.6) is 23.0 Å². The van der Waals surface area contributed by atoms with Gasteiger partial charge in [-0.1, -0.05) is 105 Å². The normalized spacial score (nSPS) is 17.2. The van der Waals surface area contributed by atoms with E-state index in [-0.39, 0.29) is 11.4 Å². The van der Waals surface area contributed by atoms with E-state index >= 15 is 0 Å². The standard InChI is InChI=1S/C59H92O4/c1-44(2)24-15-25-45(3)26-16-27-46(4)28-17-29-47(5)30-18-31-48(6)32-19-33-49(7)34-20-35-50(8)36-21-37-51(9)38-22-39-52(10)40-23-42-59(12)43-41-54-53(11)55(60)57(61-13)58(62-14)56(54)63-59/h24,26,28,30,32,34,36,38,40,60H,15-23,25,27,29,31,33,35,37,39,41-43H2,1-14H3/b45-26+,46-28+,47-30+,48-32+,49-34+,50-36+,51-38+,52-40+/t59-/m1/s1. The topological polar surface area (TPSA) is 47.9 Å². The van der Waals surface area contributed by atoms with E-state index in [1.807, 2.05) is 6.92 Å². The molecule has 0 aromatic heterocycles. The van der Waals surface area contributed by atoms with Crippen molar-refractivity contribution in [3.63, 3.8) is 0 Å². The Balaban J connectivity index is 1.62. The highest BCUT2D eigenvalue weighted by Crippen LogP contribution is 2.52. The predicted octanol–water partition coefficient (Wildman–Crippen LogP) is 18.4. The third kappa shape index (κ3) is 22.5. The second-order valence-corrected chi connectivity index (χ2v) is 19.4. The zero-order valence-electron chi connectivity index (χ0n) is 43.0. The Hall–Kier alpha value is -3.92. The zero-order valence-corrected chi connectivity index (χ0v) is 43.0. The van der Waals surface area contributed by atoms with Gasteiger partial charge in [0.25, 0.3) is 0 Å². The molecule has 1 atom stereocenters. The maximum absolute atomic E-state index is 10.6. The van der Waals surface area contributed by atoms with Gasteiger partial charge in [-0.25, -0.2) is 0 Å². The van der Waals surface area contributed by atoms with Crippen molar-refractivity contribution >= 4 is 0 Å². The summed E-state index contributed by atoms with van der Waals surface area (Å²) in [6.45, 7) is 26.8. The van der Waals surface area contributed by atoms with Gasteiger partial charge in [-0.2, -0.15) is 0 Å². The molecule has 1 aliphatic heterocycles. The van der Waals surface area contributed by atoms with E-state index in [0.29, 0.717) is 17.2 Å². The van der Waals surface area contributed by atoms with Gasteiger partial charge < -0.3 is 19.3 Å². The van der Waals surface area contributed by atoms with E-state index < -0.39 is 0 Å². The van der Waals surface area contributed by atoms with Crippen LogP contribution < -0.4 is 14.2 Å². The Morgan fingerprint density at radius 2 is 0.794 bits per heavy atom. The fraction of sp³-hybridized carbons (Fsp3) is 0.593. The highest BCUT2D eigenvalue weighted by atomic mass is 16.5. The van der Waals surface area contributed by atoms with Crippen molar-refractivity contribution < 1.29 is 19.3 Å². The molecule has 2 rings (SSSR count). The SMILES string of the molecule is COc1c(O)c(C)c2c(c1OC)O[C@](C)(CC/C=C(\C)CC/C=C(\C)CC/C=C(\C)CC/C=C(\C)CC/C=C(\C)CC/C=C(\C)CC/C=C(\C)CC/C=C(\C)CCC=C(C)C)CC2. The lowest BCUT2D eigenvalue weighted by Crippen LogP contribution is -2.36.